The molecule has 1 aromatic heterocycles. The number of nitrogen functional groups attached to an aromatic ring is 1. The van der Waals surface area contributed by atoms with Crippen LogP contribution in [0.1, 0.15) is 5.56 Å². The predicted octanol–water partition coefficient (Wildman–Crippen LogP) is 1.60. The third-order valence-electron chi connectivity index (χ3n) is 2.48. The molecule has 2 N–H and O–H groups in total. The first-order valence-electron chi connectivity index (χ1n) is 5.46. The van der Waals surface area contributed by atoms with Gasteiger partial charge in [0.1, 0.15) is 5.75 Å². The van der Waals surface area contributed by atoms with E-state index < -0.39 is 17.3 Å². The fourth-order valence-electron chi connectivity index (χ4n) is 1.45. The van der Waals surface area contributed by atoms with Crippen LogP contribution in [0.4, 0.5) is 10.2 Å². The standard InChI is InChI=1S/C13H12FN3O2/c1-19-10-4-2-9(3-5-10)6-7-17-8-11(14)12(15)16-13(17)18/h2-8H,1H3,(H2,15,16,18). The molecule has 0 fully saturated rings. The van der Waals surface area contributed by atoms with Gasteiger partial charge >= 0.3 is 5.69 Å². The Hall–Kier alpha value is -2.63. The summed E-state index contributed by atoms with van der Waals surface area (Å²) in [7, 11) is 1.58. The first-order chi connectivity index (χ1) is 9.10. The summed E-state index contributed by atoms with van der Waals surface area (Å²) >= 11 is 0. The zero-order valence-corrected chi connectivity index (χ0v) is 10.2. The Morgan fingerprint density at radius 1 is 1.37 bits per heavy atom. The van der Waals surface area contributed by atoms with Gasteiger partial charge in [0, 0.05) is 6.20 Å². The van der Waals surface area contributed by atoms with Gasteiger partial charge in [0.25, 0.3) is 0 Å². The van der Waals surface area contributed by atoms with Crippen molar-refractivity contribution in [2.75, 3.05) is 12.8 Å². The Bertz CT molecular complexity index is 663. The van der Waals surface area contributed by atoms with Crippen LogP contribution in [0.5, 0.6) is 5.75 Å². The van der Waals surface area contributed by atoms with E-state index in [0.717, 1.165) is 22.1 Å². The number of rotatable bonds is 3. The minimum absolute atomic E-state index is 0.404. The molecule has 2 aromatic rings. The molecular weight excluding hydrogens is 249 g/mol. The molecule has 0 aliphatic rings. The lowest BCUT2D eigenvalue weighted by atomic mass is 10.2. The minimum atomic E-state index is -0.737. The van der Waals surface area contributed by atoms with Crippen LogP contribution in [0.3, 0.4) is 0 Å². The summed E-state index contributed by atoms with van der Waals surface area (Å²) in [5, 5.41) is 0. The lowest BCUT2D eigenvalue weighted by molar-refractivity contribution is 0.415. The topological polar surface area (TPSA) is 70.1 Å². The Labute approximate surface area is 108 Å². The molecule has 19 heavy (non-hydrogen) atoms. The summed E-state index contributed by atoms with van der Waals surface area (Å²) in [6.07, 6.45) is 4.06. The number of aromatic nitrogens is 2. The molecule has 0 saturated carbocycles. The van der Waals surface area contributed by atoms with E-state index in [-0.39, 0.29) is 0 Å². The van der Waals surface area contributed by atoms with Gasteiger partial charge in [-0.3, -0.25) is 4.57 Å². The lowest BCUT2D eigenvalue weighted by Crippen LogP contribution is -2.20. The molecule has 98 valence electrons. The van der Waals surface area contributed by atoms with E-state index in [1.54, 1.807) is 25.3 Å². The van der Waals surface area contributed by atoms with Gasteiger partial charge in [-0.05, 0) is 23.8 Å². The van der Waals surface area contributed by atoms with E-state index in [1.807, 2.05) is 12.1 Å². The second-order valence-corrected chi connectivity index (χ2v) is 3.75. The van der Waals surface area contributed by atoms with Crippen molar-refractivity contribution in [3.63, 3.8) is 0 Å². The third kappa shape index (κ3) is 2.98. The highest BCUT2D eigenvalue weighted by atomic mass is 19.1. The molecular formula is C13H12FN3O2. The van der Waals surface area contributed by atoms with Crippen molar-refractivity contribution in [1.82, 2.24) is 9.55 Å². The SMILES string of the molecule is COc1ccc(C=Cn2cc(F)c(N)nc2=O)cc1. The lowest BCUT2D eigenvalue weighted by Gasteiger charge is -2.01. The number of nitrogens with two attached hydrogens (primary N) is 1. The van der Waals surface area contributed by atoms with Crippen LogP contribution in [-0.4, -0.2) is 16.7 Å². The molecule has 1 aromatic carbocycles. The highest BCUT2D eigenvalue weighted by Gasteiger charge is 2.02. The molecule has 1 heterocycles. The molecule has 0 unspecified atom stereocenters. The van der Waals surface area contributed by atoms with Gasteiger partial charge in [0.2, 0.25) is 0 Å². The highest BCUT2D eigenvalue weighted by molar-refractivity contribution is 5.61. The van der Waals surface area contributed by atoms with Crippen molar-refractivity contribution in [2.45, 2.75) is 0 Å². The number of hydrogen-bond donors (Lipinski definition) is 1. The summed E-state index contributed by atoms with van der Waals surface area (Å²) < 4.78 is 19.2. The van der Waals surface area contributed by atoms with Gasteiger partial charge in [-0.2, -0.15) is 4.98 Å². The highest BCUT2D eigenvalue weighted by Crippen LogP contribution is 2.12. The second-order valence-electron chi connectivity index (χ2n) is 3.75. The van der Waals surface area contributed by atoms with Gasteiger partial charge in [-0.25, -0.2) is 9.18 Å². The van der Waals surface area contributed by atoms with Crippen molar-refractivity contribution < 1.29 is 9.13 Å². The predicted molar refractivity (Wildman–Crippen MR) is 71.1 cm³/mol. The van der Waals surface area contributed by atoms with Crippen molar-refractivity contribution in [3.8, 4) is 5.75 Å². The minimum Gasteiger partial charge on any atom is -0.497 e. The molecule has 0 aliphatic carbocycles. The number of hydrogen-bond acceptors (Lipinski definition) is 4. The molecule has 0 spiro atoms. The first kappa shape index (κ1) is 12.8. The number of anilines is 1. The van der Waals surface area contributed by atoms with Crippen LogP contribution in [-0.2, 0) is 0 Å². The van der Waals surface area contributed by atoms with Crippen LogP contribution in [0.25, 0.3) is 12.3 Å². The van der Waals surface area contributed by atoms with Crippen LogP contribution < -0.4 is 16.2 Å². The maximum atomic E-state index is 13.2. The summed E-state index contributed by atoms with van der Waals surface area (Å²) in [5.74, 6) is -0.410. The zero-order valence-electron chi connectivity index (χ0n) is 10.2. The van der Waals surface area contributed by atoms with E-state index >= 15 is 0 Å². The summed E-state index contributed by atoms with van der Waals surface area (Å²) in [5.41, 5.74) is 5.39. The quantitative estimate of drug-likeness (QED) is 0.911. The van der Waals surface area contributed by atoms with Gasteiger partial charge in [-0.1, -0.05) is 12.1 Å². The van der Waals surface area contributed by atoms with Crippen molar-refractivity contribution >= 4 is 18.1 Å². The van der Waals surface area contributed by atoms with Crippen molar-refractivity contribution in [1.29, 1.82) is 0 Å². The Balaban J connectivity index is 2.27. The maximum Gasteiger partial charge on any atom is 0.353 e. The number of ether oxygens (including phenoxy) is 1. The normalized spacial score (nSPS) is 10.8. The molecule has 0 atom stereocenters. The molecule has 0 radical (unpaired) electrons. The largest absolute Gasteiger partial charge is 0.497 e. The van der Waals surface area contributed by atoms with E-state index in [1.165, 1.54) is 6.20 Å². The van der Waals surface area contributed by atoms with Crippen molar-refractivity contribution in [2.24, 2.45) is 0 Å². The van der Waals surface area contributed by atoms with Gasteiger partial charge in [0.15, 0.2) is 11.6 Å². The van der Waals surface area contributed by atoms with Gasteiger partial charge in [-0.15, -0.1) is 0 Å². The van der Waals surface area contributed by atoms with Crippen LogP contribution in [0, 0.1) is 5.82 Å². The number of nitrogens with zero attached hydrogens (tertiary/aromatic N) is 2. The Morgan fingerprint density at radius 2 is 2.05 bits per heavy atom. The van der Waals surface area contributed by atoms with Gasteiger partial charge < -0.3 is 10.5 Å². The maximum absolute atomic E-state index is 13.2. The van der Waals surface area contributed by atoms with Crippen LogP contribution in [0.2, 0.25) is 0 Å². The molecule has 0 bridgehead atoms. The smallest absolute Gasteiger partial charge is 0.353 e. The average molecular weight is 261 g/mol. The molecule has 2 rings (SSSR count). The molecule has 0 saturated heterocycles. The third-order valence-corrected chi connectivity index (χ3v) is 2.48. The van der Waals surface area contributed by atoms with E-state index in [9.17, 15) is 9.18 Å². The summed E-state index contributed by atoms with van der Waals surface area (Å²) in [4.78, 5) is 14.8. The fourth-order valence-corrected chi connectivity index (χ4v) is 1.45. The monoisotopic (exact) mass is 261 g/mol. The molecule has 0 amide bonds. The second kappa shape index (κ2) is 5.34. The summed E-state index contributed by atoms with van der Waals surface area (Å²) in [6.45, 7) is 0. The average Bonchev–Trinajstić information content (AvgIpc) is 2.42. The Kier molecular flexibility index (Phi) is 3.61. The number of halogens is 1. The van der Waals surface area contributed by atoms with E-state index in [0.29, 0.717) is 0 Å². The summed E-state index contributed by atoms with van der Waals surface area (Å²) in [6, 6.07) is 7.18. The Morgan fingerprint density at radius 3 is 2.68 bits per heavy atom. The molecule has 5 nitrogen and oxygen atoms in total. The van der Waals surface area contributed by atoms with E-state index in [2.05, 4.69) is 4.98 Å². The molecule has 0 aliphatic heterocycles. The van der Waals surface area contributed by atoms with Crippen molar-refractivity contribution in [3.05, 3.63) is 52.3 Å². The number of benzene rings is 1. The fraction of sp³-hybridized carbons (Fsp3) is 0.0769. The van der Waals surface area contributed by atoms with Gasteiger partial charge in [0.05, 0.1) is 13.3 Å². The van der Waals surface area contributed by atoms with Crippen LogP contribution in [0.15, 0.2) is 35.3 Å². The first-order valence-corrected chi connectivity index (χ1v) is 5.46. The van der Waals surface area contributed by atoms with Crippen LogP contribution >= 0.6 is 0 Å². The zero-order chi connectivity index (χ0) is 13.8. The molecule has 6 heteroatoms. The van der Waals surface area contributed by atoms with E-state index in [4.69, 9.17) is 10.5 Å². The number of methoxy groups -OCH3 is 1.